The summed E-state index contributed by atoms with van der Waals surface area (Å²) in [5.74, 6) is 1.30. The van der Waals surface area contributed by atoms with Crippen LogP contribution < -0.4 is 5.32 Å². The van der Waals surface area contributed by atoms with Crippen LogP contribution in [-0.4, -0.2) is 26.1 Å². The quantitative estimate of drug-likeness (QED) is 0.732. The number of hydrogen-bond donors (Lipinski definition) is 1. The Morgan fingerprint density at radius 1 is 1.25 bits per heavy atom. The fraction of sp³-hybridized carbons (Fsp3) is 0.267. The van der Waals surface area contributed by atoms with Gasteiger partial charge in [-0.2, -0.15) is 0 Å². The predicted molar refractivity (Wildman–Crippen MR) is 76.9 cm³/mol. The summed E-state index contributed by atoms with van der Waals surface area (Å²) in [5.41, 5.74) is 4.39. The molecular formula is C15H15N5. The van der Waals surface area contributed by atoms with E-state index in [9.17, 15) is 0 Å². The first-order chi connectivity index (χ1) is 9.81. The zero-order valence-corrected chi connectivity index (χ0v) is 11.2. The molecule has 1 aromatic carbocycles. The van der Waals surface area contributed by atoms with Crippen LogP contribution in [0.25, 0.3) is 5.65 Å². The van der Waals surface area contributed by atoms with E-state index in [4.69, 9.17) is 0 Å². The van der Waals surface area contributed by atoms with Crippen LogP contribution in [0.15, 0.2) is 36.7 Å². The maximum absolute atomic E-state index is 4.37. The van der Waals surface area contributed by atoms with Gasteiger partial charge in [0.1, 0.15) is 12.2 Å². The number of nitrogens with one attached hydrogen (secondary N) is 1. The van der Waals surface area contributed by atoms with Gasteiger partial charge >= 0.3 is 0 Å². The Balaban J connectivity index is 1.74. The maximum Gasteiger partial charge on any atom is 0.163 e. The van der Waals surface area contributed by atoms with Crippen molar-refractivity contribution in [2.75, 3.05) is 11.9 Å². The minimum absolute atomic E-state index is 0.324. The first-order valence-corrected chi connectivity index (χ1v) is 6.80. The summed E-state index contributed by atoms with van der Waals surface area (Å²) in [6.45, 7) is 2.85. The molecule has 0 bridgehead atoms. The summed E-state index contributed by atoms with van der Waals surface area (Å²) >= 11 is 0. The highest BCUT2D eigenvalue weighted by Crippen LogP contribution is 2.29. The minimum atomic E-state index is 0.324. The van der Waals surface area contributed by atoms with Gasteiger partial charge in [0.2, 0.25) is 0 Å². The Hall–Kier alpha value is -2.43. The molecule has 0 spiro atoms. The molecule has 3 heterocycles. The molecule has 5 nitrogen and oxygen atoms in total. The number of rotatable bonds is 1. The third kappa shape index (κ3) is 1.74. The van der Waals surface area contributed by atoms with Gasteiger partial charge in [-0.3, -0.25) is 4.40 Å². The number of aryl methyl sites for hydroxylation is 1. The van der Waals surface area contributed by atoms with Crippen LogP contribution in [0, 0.1) is 6.92 Å². The van der Waals surface area contributed by atoms with Crippen LogP contribution in [0.5, 0.6) is 0 Å². The lowest BCUT2D eigenvalue weighted by atomic mass is 9.93. The van der Waals surface area contributed by atoms with Crippen molar-refractivity contribution >= 4 is 11.3 Å². The summed E-state index contributed by atoms with van der Waals surface area (Å²) < 4.78 is 1.99. The monoisotopic (exact) mass is 265 g/mol. The van der Waals surface area contributed by atoms with E-state index in [1.54, 1.807) is 0 Å². The first kappa shape index (κ1) is 11.4. The van der Waals surface area contributed by atoms with Gasteiger partial charge in [0.25, 0.3) is 0 Å². The molecule has 0 saturated heterocycles. The first-order valence-electron chi connectivity index (χ1n) is 6.80. The highest BCUT2D eigenvalue weighted by Gasteiger charge is 2.23. The van der Waals surface area contributed by atoms with Gasteiger partial charge in [-0.15, -0.1) is 10.2 Å². The van der Waals surface area contributed by atoms with Crippen molar-refractivity contribution in [3.05, 3.63) is 53.7 Å². The second-order valence-electron chi connectivity index (χ2n) is 5.26. The summed E-state index contributed by atoms with van der Waals surface area (Å²) in [4.78, 5) is 4.34. The molecular weight excluding hydrogens is 250 g/mol. The van der Waals surface area contributed by atoms with E-state index in [-0.39, 0.29) is 0 Å². The van der Waals surface area contributed by atoms with Gasteiger partial charge in [0, 0.05) is 29.9 Å². The SMILES string of the molecule is Cc1cc2nnc(C3CNc4ccccc4C3)n2cn1. The summed E-state index contributed by atoms with van der Waals surface area (Å²) in [5, 5.41) is 12.1. The van der Waals surface area contributed by atoms with Crippen LogP contribution in [0.2, 0.25) is 0 Å². The lowest BCUT2D eigenvalue weighted by molar-refractivity contribution is 0.638. The maximum atomic E-state index is 4.37. The molecule has 1 unspecified atom stereocenters. The van der Waals surface area contributed by atoms with Crippen molar-refractivity contribution in [1.82, 2.24) is 19.6 Å². The highest BCUT2D eigenvalue weighted by molar-refractivity contribution is 5.54. The number of hydrogen-bond acceptors (Lipinski definition) is 4. The molecule has 2 aromatic heterocycles. The number of benzene rings is 1. The predicted octanol–water partition coefficient (Wildman–Crippen LogP) is 2.18. The third-order valence-electron chi connectivity index (χ3n) is 3.85. The fourth-order valence-corrected chi connectivity index (χ4v) is 2.81. The van der Waals surface area contributed by atoms with E-state index in [2.05, 4.69) is 44.8 Å². The van der Waals surface area contributed by atoms with Crippen LogP contribution in [-0.2, 0) is 6.42 Å². The largest absolute Gasteiger partial charge is 0.384 e. The van der Waals surface area contributed by atoms with Crippen molar-refractivity contribution in [2.45, 2.75) is 19.3 Å². The summed E-state index contributed by atoms with van der Waals surface area (Å²) in [7, 11) is 0. The molecule has 0 amide bonds. The number of fused-ring (bicyclic) bond motifs is 2. The highest BCUT2D eigenvalue weighted by atomic mass is 15.3. The molecule has 0 radical (unpaired) electrons. The van der Waals surface area contributed by atoms with Gasteiger partial charge in [-0.1, -0.05) is 18.2 Å². The molecule has 20 heavy (non-hydrogen) atoms. The zero-order valence-electron chi connectivity index (χ0n) is 11.2. The molecule has 4 rings (SSSR count). The average Bonchev–Trinajstić information content (AvgIpc) is 2.89. The standard InChI is InChI=1S/C15H15N5/c1-10-6-14-18-19-15(20(14)9-17-10)12-7-11-4-2-3-5-13(11)16-8-12/h2-6,9,12,16H,7-8H2,1H3. The molecule has 3 aromatic rings. The average molecular weight is 265 g/mol. The van der Waals surface area contributed by atoms with Crippen LogP contribution in [0.1, 0.15) is 23.0 Å². The van der Waals surface area contributed by atoms with E-state index in [1.807, 2.05) is 23.7 Å². The lowest BCUT2D eigenvalue weighted by Gasteiger charge is -2.24. The molecule has 1 N–H and O–H groups in total. The van der Waals surface area contributed by atoms with Crippen LogP contribution in [0.3, 0.4) is 0 Å². The Kier molecular flexibility index (Phi) is 2.45. The topological polar surface area (TPSA) is 55.1 Å². The minimum Gasteiger partial charge on any atom is -0.384 e. The van der Waals surface area contributed by atoms with Gasteiger partial charge in [-0.05, 0) is 25.0 Å². The Labute approximate surface area is 116 Å². The van der Waals surface area contributed by atoms with Crippen LogP contribution in [0.4, 0.5) is 5.69 Å². The van der Waals surface area contributed by atoms with E-state index < -0.39 is 0 Å². The van der Waals surface area contributed by atoms with Gasteiger partial charge in [0.05, 0.1) is 0 Å². The van der Waals surface area contributed by atoms with E-state index in [0.717, 1.165) is 30.1 Å². The molecule has 1 atom stereocenters. The molecule has 0 fully saturated rings. The number of anilines is 1. The van der Waals surface area contributed by atoms with Gasteiger partial charge in [0.15, 0.2) is 5.65 Å². The number of aromatic nitrogens is 4. The summed E-state index contributed by atoms with van der Waals surface area (Å²) in [6.07, 6.45) is 2.80. The summed E-state index contributed by atoms with van der Waals surface area (Å²) in [6, 6.07) is 10.4. The Morgan fingerprint density at radius 2 is 2.15 bits per heavy atom. The van der Waals surface area contributed by atoms with E-state index in [0.29, 0.717) is 5.92 Å². The van der Waals surface area contributed by atoms with Crippen molar-refractivity contribution in [3.8, 4) is 0 Å². The Morgan fingerprint density at radius 3 is 3.10 bits per heavy atom. The molecule has 0 saturated carbocycles. The smallest absolute Gasteiger partial charge is 0.163 e. The van der Waals surface area contributed by atoms with Crippen molar-refractivity contribution in [1.29, 1.82) is 0 Å². The molecule has 5 heteroatoms. The van der Waals surface area contributed by atoms with Gasteiger partial charge < -0.3 is 5.32 Å². The van der Waals surface area contributed by atoms with E-state index in [1.165, 1.54) is 11.3 Å². The number of nitrogens with zero attached hydrogens (tertiary/aromatic N) is 4. The number of para-hydroxylation sites is 1. The normalized spacial score (nSPS) is 17.8. The van der Waals surface area contributed by atoms with Crippen molar-refractivity contribution in [3.63, 3.8) is 0 Å². The molecule has 100 valence electrons. The zero-order chi connectivity index (χ0) is 13.5. The lowest BCUT2D eigenvalue weighted by Crippen LogP contribution is -2.23. The Bertz CT molecular complexity index is 777. The van der Waals surface area contributed by atoms with Crippen molar-refractivity contribution < 1.29 is 0 Å². The van der Waals surface area contributed by atoms with E-state index >= 15 is 0 Å². The van der Waals surface area contributed by atoms with Crippen LogP contribution >= 0.6 is 0 Å². The fourth-order valence-electron chi connectivity index (χ4n) is 2.81. The second-order valence-corrected chi connectivity index (χ2v) is 5.26. The molecule has 1 aliphatic heterocycles. The molecule has 1 aliphatic rings. The van der Waals surface area contributed by atoms with Crippen molar-refractivity contribution in [2.24, 2.45) is 0 Å². The molecule has 0 aliphatic carbocycles. The van der Waals surface area contributed by atoms with Gasteiger partial charge in [-0.25, -0.2) is 4.98 Å². The third-order valence-corrected chi connectivity index (χ3v) is 3.85. The second kappa shape index (κ2) is 4.30.